The van der Waals surface area contributed by atoms with E-state index < -0.39 is 0 Å². The predicted octanol–water partition coefficient (Wildman–Crippen LogP) is 2.01. The fraction of sp³-hybridized carbons (Fsp3) is 0.200. The maximum atomic E-state index is 5.62. The van der Waals surface area contributed by atoms with Crippen LogP contribution in [-0.2, 0) is 5.88 Å². The summed E-state index contributed by atoms with van der Waals surface area (Å²) in [5, 5.41) is 4.19. The quantitative estimate of drug-likeness (QED) is 0.748. The van der Waals surface area contributed by atoms with Crippen molar-refractivity contribution in [2.45, 2.75) is 5.88 Å². The number of nitrogens with zero attached hydrogens (tertiary/aromatic N) is 3. The third-order valence-corrected chi connectivity index (χ3v) is 2.22. The average Bonchev–Trinajstić information content (AvgIpc) is 2.78. The predicted molar refractivity (Wildman–Crippen MR) is 57.5 cm³/mol. The highest BCUT2D eigenvalue weighted by Crippen LogP contribution is 2.15. The van der Waals surface area contributed by atoms with Crippen LogP contribution in [0.15, 0.2) is 30.6 Å². The van der Waals surface area contributed by atoms with Gasteiger partial charge < -0.3 is 4.74 Å². The highest BCUT2D eigenvalue weighted by atomic mass is 35.5. The molecule has 0 spiro atoms. The van der Waals surface area contributed by atoms with E-state index >= 15 is 0 Å². The van der Waals surface area contributed by atoms with Gasteiger partial charge in [0.15, 0.2) is 5.82 Å². The molecule has 0 bridgehead atoms. The minimum atomic E-state index is 0.316. The van der Waals surface area contributed by atoms with E-state index in [2.05, 4.69) is 10.1 Å². The smallest absolute Gasteiger partial charge is 0.165 e. The Morgan fingerprint density at radius 3 is 3.00 bits per heavy atom. The third kappa shape index (κ3) is 2.10. The molecule has 0 aliphatic carbocycles. The Morgan fingerprint density at radius 2 is 2.33 bits per heavy atom. The summed E-state index contributed by atoms with van der Waals surface area (Å²) in [6.45, 7) is 0. The Balaban J connectivity index is 2.35. The van der Waals surface area contributed by atoms with Crippen LogP contribution in [0.3, 0.4) is 0 Å². The van der Waals surface area contributed by atoms with Gasteiger partial charge >= 0.3 is 0 Å². The molecule has 15 heavy (non-hydrogen) atoms. The van der Waals surface area contributed by atoms with E-state index in [1.54, 1.807) is 18.1 Å². The van der Waals surface area contributed by atoms with E-state index in [-0.39, 0.29) is 0 Å². The molecule has 0 unspecified atom stereocenters. The van der Waals surface area contributed by atoms with Crippen molar-refractivity contribution in [1.29, 1.82) is 0 Å². The Labute approximate surface area is 92.5 Å². The average molecular weight is 224 g/mol. The lowest BCUT2D eigenvalue weighted by molar-refractivity contribution is 0.414. The van der Waals surface area contributed by atoms with Crippen molar-refractivity contribution < 1.29 is 4.74 Å². The lowest BCUT2D eigenvalue weighted by atomic mass is 10.3. The molecule has 1 aromatic carbocycles. The van der Waals surface area contributed by atoms with E-state index in [0.29, 0.717) is 11.7 Å². The van der Waals surface area contributed by atoms with Gasteiger partial charge in [0.1, 0.15) is 12.1 Å². The van der Waals surface area contributed by atoms with Crippen LogP contribution in [0.2, 0.25) is 0 Å². The normalized spacial score (nSPS) is 10.3. The monoisotopic (exact) mass is 223 g/mol. The van der Waals surface area contributed by atoms with Gasteiger partial charge in [0.2, 0.25) is 0 Å². The summed E-state index contributed by atoms with van der Waals surface area (Å²) in [4.78, 5) is 4.05. The number of rotatable bonds is 3. The first kappa shape index (κ1) is 9.98. The van der Waals surface area contributed by atoms with Crippen LogP contribution in [0.5, 0.6) is 5.75 Å². The molecular formula is C10H10ClN3O. The maximum Gasteiger partial charge on any atom is 0.165 e. The second kappa shape index (κ2) is 4.31. The second-order valence-corrected chi connectivity index (χ2v) is 3.21. The van der Waals surface area contributed by atoms with Gasteiger partial charge in [0, 0.05) is 6.07 Å². The van der Waals surface area contributed by atoms with Crippen molar-refractivity contribution in [1.82, 2.24) is 14.8 Å². The second-order valence-electron chi connectivity index (χ2n) is 2.94. The number of ether oxygens (including phenoxy) is 1. The highest BCUT2D eigenvalue weighted by molar-refractivity contribution is 6.16. The molecule has 1 aromatic heterocycles. The van der Waals surface area contributed by atoms with E-state index in [4.69, 9.17) is 16.3 Å². The molecule has 1 heterocycles. The summed E-state index contributed by atoms with van der Waals surface area (Å²) < 4.78 is 6.79. The van der Waals surface area contributed by atoms with Crippen LogP contribution >= 0.6 is 11.6 Å². The molecule has 0 saturated heterocycles. The van der Waals surface area contributed by atoms with Crippen LogP contribution in [0, 0.1) is 0 Å². The van der Waals surface area contributed by atoms with Crippen molar-refractivity contribution in [3.05, 3.63) is 36.4 Å². The third-order valence-electron chi connectivity index (χ3n) is 1.98. The van der Waals surface area contributed by atoms with Crippen molar-refractivity contribution in [3.8, 4) is 11.4 Å². The molecule has 0 fully saturated rings. The van der Waals surface area contributed by atoms with Gasteiger partial charge in [-0.1, -0.05) is 6.07 Å². The minimum absolute atomic E-state index is 0.316. The van der Waals surface area contributed by atoms with Crippen LogP contribution in [0.1, 0.15) is 5.82 Å². The molecule has 0 radical (unpaired) electrons. The molecule has 0 saturated carbocycles. The summed E-state index contributed by atoms with van der Waals surface area (Å²) in [6.07, 6.45) is 1.63. The molecule has 2 rings (SSSR count). The number of alkyl halides is 1. The van der Waals surface area contributed by atoms with E-state index in [9.17, 15) is 0 Å². The van der Waals surface area contributed by atoms with Crippen molar-refractivity contribution in [3.63, 3.8) is 0 Å². The number of methoxy groups -OCH3 is 1. The standard InChI is InChI=1S/C10H10ClN3O/c1-15-9-4-2-3-8(5-9)14-7-12-10(6-11)13-14/h2-5,7H,6H2,1H3. The topological polar surface area (TPSA) is 39.9 Å². The number of halogens is 1. The van der Waals surface area contributed by atoms with Crippen LogP contribution in [-0.4, -0.2) is 21.9 Å². The first-order chi connectivity index (χ1) is 7.33. The van der Waals surface area contributed by atoms with Crippen molar-refractivity contribution in [2.75, 3.05) is 7.11 Å². The molecule has 78 valence electrons. The minimum Gasteiger partial charge on any atom is -0.497 e. The summed E-state index contributed by atoms with van der Waals surface area (Å²) in [5.74, 6) is 1.71. The van der Waals surface area contributed by atoms with Crippen LogP contribution in [0.25, 0.3) is 5.69 Å². The number of hydrogen-bond donors (Lipinski definition) is 0. The summed E-state index contributed by atoms with van der Waals surface area (Å²) >= 11 is 5.62. The number of benzene rings is 1. The molecule has 0 N–H and O–H groups in total. The molecular weight excluding hydrogens is 214 g/mol. The summed E-state index contributed by atoms with van der Waals surface area (Å²) in [6, 6.07) is 7.58. The van der Waals surface area contributed by atoms with Crippen LogP contribution in [0.4, 0.5) is 0 Å². The molecule has 2 aromatic rings. The zero-order valence-corrected chi connectivity index (χ0v) is 8.98. The van der Waals surface area contributed by atoms with Gasteiger partial charge in [-0.25, -0.2) is 9.67 Å². The Bertz CT molecular complexity index is 455. The first-order valence-electron chi connectivity index (χ1n) is 4.44. The van der Waals surface area contributed by atoms with Gasteiger partial charge in [0.05, 0.1) is 18.7 Å². The molecule has 4 nitrogen and oxygen atoms in total. The van der Waals surface area contributed by atoms with E-state index in [1.807, 2.05) is 24.3 Å². The van der Waals surface area contributed by atoms with Gasteiger partial charge in [-0.15, -0.1) is 11.6 Å². The fourth-order valence-corrected chi connectivity index (χ4v) is 1.36. The zero-order chi connectivity index (χ0) is 10.7. The molecule has 0 aliphatic rings. The van der Waals surface area contributed by atoms with Gasteiger partial charge in [-0.2, -0.15) is 5.10 Å². The maximum absolute atomic E-state index is 5.62. The summed E-state index contributed by atoms with van der Waals surface area (Å²) in [5.41, 5.74) is 0.901. The number of aromatic nitrogens is 3. The van der Waals surface area contributed by atoms with E-state index in [0.717, 1.165) is 11.4 Å². The SMILES string of the molecule is COc1cccc(-n2cnc(CCl)n2)c1. The lowest BCUT2D eigenvalue weighted by Crippen LogP contribution is -1.96. The van der Waals surface area contributed by atoms with Gasteiger partial charge in [-0.3, -0.25) is 0 Å². The van der Waals surface area contributed by atoms with Crippen LogP contribution < -0.4 is 4.74 Å². The largest absolute Gasteiger partial charge is 0.497 e. The molecule has 5 heteroatoms. The van der Waals surface area contributed by atoms with Gasteiger partial charge in [0.25, 0.3) is 0 Å². The van der Waals surface area contributed by atoms with Crippen molar-refractivity contribution >= 4 is 11.6 Å². The lowest BCUT2D eigenvalue weighted by Gasteiger charge is -2.03. The van der Waals surface area contributed by atoms with Gasteiger partial charge in [-0.05, 0) is 12.1 Å². The Hall–Kier alpha value is -1.55. The Kier molecular flexibility index (Phi) is 2.87. The summed E-state index contributed by atoms with van der Waals surface area (Å²) in [7, 11) is 1.63. The molecule has 0 aliphatic heterocycles. The zero-order valence-electron chi connectivity index (χ0n) is 8.22. The molecule has 0 atom stereocenters. The highest BCUT2D eigenvalue weighted by Gasteiger charge is 2.02. The van der Waals surface area contributed by atoms with E-state index in [1.165, 1.54) is 0 Å². The first-order valence-corrected chi connectivity index (χ1v) is 4.98. The molecule has 0 amide bonds. The number of hydrogen-bond acceptors (Lipinski definition) is 3. The fourth-order valence-electron chi connectivity index (χ4n) is 1.24. The van der Waals surface area contributed by atoms with Crippen molar-refractivity contribution in [2.24, 2.45) is 0 Å². The Morgan fingerprint density at radius 1 is 1.47 bits per heavy atom.